The Kier molecular flexibility index (Phi) is 13.7. The molecular formula is C40H42F3N7O10S. The molecule has 0 radical (unpaired) electrons. The third-order valence-electron chi connectivity index (χ3n) is 9.52. The van der Waals surface area contributed by atoms with Crippen molar-refractivity contribution in [2.24, 2.45) is 0 Å². The molecule has 6 rings (SSSR count). The minimum absolute atomic E-state index is 0.0292. The van der Waals surface area contributed by atoms with Crippen molar-refractivity contribution in [1.82, 2.24) is 20.2 Å². The van der Waals surface area contributed by atoms with Gasteiger partial charge < -0.3 is 29.6 Å². The standard InChI is InChI=1S/C40H42F3N7O10S/c1-24-19-26(46-39-45-23-31(40(41,42)43)35(48-39)44-22-25-5-4-6-27(20-25)49(2)61(3,55)56)7-11-33(24)60-18-16-58-14-13-57-15-17-59-28-8-9-29-30(21-28)38(54)50(37(29)53)32-10-12-34(51)47-36(32)52/h4-9,11,19-21,23,32H,10,12-18,22H2,1-3H3,(H,47,51,52)(H2,44,45,46,48). The number of ether oxygens (including phenoxy) is 4. The topological polar surface area (TPSA) is 208 Å². The highest BCUT2D eigenvalue weighted by molar-refractivity contribution is 7.92. The normalized spacial score (nSPS) is 15.4. The quantitative estimate of drug-likeness (QED) is 0.0880. The van der Waals surface area contributed by atoms with E-state index in [2.05, 4.69) is 25.9 Å². The number of aryl methyl sites for hydroxylation is 1. The maximum atomic E-state index is 13.9. The Morgan fingerprint density at radius 2 is 1.61 bits per heavy atom. The zero-order valence-electron chi connectivity index (χ0n) is 33.2. The zero-order chi connectivity index (χ0) is 43.9. The van der Waals surface area contributed by atoms with Crippen LogP contribution in [0.15, 0.2) is 66.9 Å². The minimum Gasteiger partial charge on any atom is -0.491 e. The summed E-state index contributed by atoms with van der Waals surface area (Å²) in [7, 11) is -2.16. The summed E-state index contributed by atoms with van der Waals surface area (Å²) >= 11 is 0. The molecule has 1 fully saturated rings. The number of hydrogen-bond donors (Lipinski definition) is 3. The number of carbonyl (C=O) groups excluding carboxylic acids is 4. The summed E-state index contributed by atoms with van der Waals surface area (Å²) in [5.41, 5.74) is 1.30. The van der Waals surface area contributed by atoms with Gasteiger partial charge in [-0.15, -0.1) is 0 Å². The summed E-state index contributed by atoms with van der Waals surface area (Å²) in [6, 6.07) is 14.8. The van der Waals surface area contributed by atoms with Crippen molar-refractivity contribution in [2.45, 2.75) is 38.5 Å². The summed E-state index contributed by atoms with van der Waals surface area (Å²) < 4.78 is 89.1. The Labute approximate surface area is 348 Å². The number of amides is 4. The van der Waals surface area contributed by atoms with Gasteiger partial charge in [-0.25, -0.2) is 13.4 Å². The van der Waals surface area contributed by atoms with Gasteiger partial charge in [0.15, 0.2) is 0 Å². The van der Waals surface area contributed by atoms with E-state index in [9.17, 15) is 40.8 Å². The molecular weight excluding hydrogens is 828 g/mol. The second-order valence-corrected chi connectivity index (χ2v) is 15.9. The molecule has 21 heteroatoms. The molecule has 0 saturated carbocycles. The van der Waals surface area contributed by atoms with Crippen LogP contribution in [0.2, 0.25) is 0 Å². The van der Waals surface area contributed by atoms with Crippen LogP contribution in [-0.2, 0) is 41.8 Å². The Bertz CT molecular complexity index is 2420. The van der Waals surface area contributed by atoms with Crippen molar-refractivity contribution in [3.63, 3.8) is 0 Å². The number of aromatic nitrogens is 2. The number of nitrogens with zero attached hydrogens (tertiary/aromatic N) is 4. The second-order valence-electron chi connectivity index (χ2n) is 13.9. The summed E-state index contributed by atoms with van der Waals surface area (Å²) in [6.07, 6.45) is -2.92. The fourth-order valence-corrected chi connectivity index (χ4v) is 6.83. The average molecular weight is 870 g/mol. The van der Waals surface area contributed by atoms with Gasteiger partial charge in [0.2, 0.25) is 27.8 Å². The fourth-order valence-electron chi connectivity index (χ4n) is 6.33. The van der Waals surface area contributed by atoms with Gasteiger partial charge >= 0.3 is 6.18 Å². The number of nitrogens with one attached hydrogen (secondary N) is 3. The van der Waals surface area contributed by atoms with E-state index in [0.717, 1.165) is 21.0 Å². The lowest BCUT2D eigenvalue weighted by Crippen LogP contribution is -2.54. The van der Waals surface area contributed by atoms with E-state index in [0.29, 0.717) is 34.6 Å². The number of rotatable bonds is 19. The van der Waals surface area contributed by atoms with E-state index in [-0.39, 0.29) is 76.1 Å². The molecule has 324 valence electrons. The minimum atomic E-state index is -4.74. The maximum Gasteiger partial charge on any atom is 0.421 e. The Balaban J connectivity index is 0.901. The second kappa shape index (κ2) is 18.9. The first-order valence-corrected chi connectivity index (χ1v) is 20.7. The number of sulfonamides is 1. The molecule has 2 aliphatic heterocycles. The first kappa shape index (κ1) is 44.2. The van der Waals surface area contributed by atoms with Gasteiger partial charge in [-0.05, 0) is 73.0 Å². The molecule has 2 aliphatic rings. The summed E-state index contributed by atoms with van der Waals surface area (Å²) in [5.74, 6) is -2.01. The number of fused-ring (bicyclic) bond motifs is 1. The largest absolute Gasteiger partial charge is 0.491 e. The monoisotopic (exact) mass is 869 g/mol. The molecule has 4 amide bonds. The Hall–Kier alpha value is -6.32. The maximum absolute atomic E-state index is 13.9. The van der Waals surface area contributed by atoms with E-state index in [1.54, 1.807) is 55.5 Å². The molecule has 1 saturated heterocycles. The van der Waals surface area contributed by atoms with Crippen molar-refractivity contribution < 1.29 is 59.7 Å². The lowest BCUT2D eigenvalue weighted by atomic mass is 10.0. The molecule has 17 nitrogen and oxygen atoms in total. The van der Waals surface area contributed by atoms with E-state index < -0.39 is 57.3 Å². The summed E-state index contributed by atoms with van der Waals surface area (Å²) in [5, 5.41) is 7.78. The Morgan fingerprint density at radius 3 is 2.30 bits per heavy atom. The number of imide groups is 2. The van der Waals surface area contributed by atoms with E-state index in [4.69, 9.17) is 18.9 Å². The molecule has 3 heterocycles. The molecule has 0 spiro atoms. The smallest absolute Gasteiger partial charge is 0.421 e. The van der Waals surface area contributed by atoms with Crippen molar-refractivity contribution in [1.29, 1.82) is 0 Å². The molecule has 1 atom stereocenters. The highest BCUT2D eigenvalue weighted by atomic mass is 32.2. The number of anilines is 4. The van der Waals surface area contributed by atoms with E-state index in [1.165, 1.54) is 19.2 Å². The predicted octanol–water partition coefficient (Wildman–Crippen LogP) is 4.45. The molecule has 0 aliphatic carbocycles. The molecule has 3 N–H and O–H groups in total. The number of alkyl halides is 3. The van der Waals surface area contributed by atoms with Crippen LogP contribution in [0, 0.1) is 6.92 Å². The SMILES string of the molecule is Cc1cc(Nc2ncc(C(F)(F)F)c(NCc3cccc(N(C)S(C)(=O)=O)c3)n2)ccc1OCCOCCOCCOc1ccc2c(c1)C(=O)N(C1CCC(=O)NC1=O)C2=O. The van der Waals surface area contributed by atoms with Gasteiger partial charge in [-0.2, -0.15) is 18.2 Å². The highest BCUT2D eigenvalue weighted by Crippen LogP contribution is 2.35. The molecule has 1 unspecified atom stereocenters. The number of benzene rings is 3. The number of piperidine rings is 1. The third-order valence-corrected chi connectivity index (χ3v) is 10.7. The number of hydrogen-bond acceptors (Lipinski definition) is 14. The van der Waals surface area contributed by atoms with Crippen LogP contribution in [0.4, 0.5) is 36.3 Å². The van der Waals surface area contributed by atoms with Crippen molar-refractivity contribution in [2.75, 3.05) is 67.9 Å². The van der Waals surface area contributed by atoms with Gasteiger partial charge in [0.25, 0.3) is 11.8 Å². The Morgan fingerprint density at radius 1 is 0.902 bits per heavy atom. The van der Waals surface area contributed by atoms with Crippen LogP contribution in [0.3, 0.4) is 0 Å². The van der Waals surface area contributed by atoms with Crippen LogP contribution < -0.4 is 29.7 Å². The number of carbonyl (C=O) groups is 4. The van der Waals surface area contributed by atoms with Gasteiger partial charge in [-0.3, -0.25) is 33.7 Å². The highest BCUT2D eigenvalue weighted by Gasteiger charge is 2.44. The van der Waals surface area contributed by atoms with Crippen LogP contribution in [-0.4, -0.2) is 106 Å². The lowest BCUT2D eigenvalue weighted by molar-refractivity contribution is -0.138. The van der Waals surface area contributed by atoms with Gasteiger partial charge in [0.1, 0.15) is 42.1 Å². The van der Waals surface area contributed by atoms with Crippen molar-refractivity contribution >= 4 is 56.8 Å². The predicted molar refractivity (Wildman–Crippen MR) is 214 cm³/mol. The van der Waals surface area contributed by atoms with Crippen LogP contribution in [0.5, 0.6) is 11.5 Å². The molecule has 4 aromatic rings. The summed E-state index contributed by atoms with van der Waals surface area (Å²) in [4.78, 5) is 58.4. The lowest BCUT2D eigenvalue weighted by Gasteiger charge is -2.27. The molecule has 0 bridgehead atoms. The van der Waals surface area contributed by atoms with E-state index in [1.807, 2.05) is 0 Å². The van der Waals surface area contributed by atoms with Gasteiger partial charge in [-0.1, -0.05) is 12.1 Å². The first-order chi connectivity index (χ1) is 29.0. The van der Waals surface area contributed by atoms with Gasteiger partial charge in [0.05, 0.1) is 49.5 Å². The molecule has 61 heavy (non-hydrogen) atoms. The first-order valence-electron chi connectivity index (χ1n) is 18.8. The zero-order valence-corrected chi connectivity index (χ0v) is 34.0. The van der Waals surface area contributed by atoms with E-state index >= 15 is 0 Å². The molecule has 1 aromatic heterocycles. The van der Waals surface area contributed by atoms with Crippen LogP contribution in [0.25, 0.3) is 0 Å². The fraction of sp³-hybridized carbons (Fsp3) is 0.350. The van der Waals surface area contributed by atoms with Crippen molar-refractivity contribution in [3.8, 4) is 11.5 Å². The van der Waals surface area contributed by atoms with Crippen molar-refractivity contribution in [3.05, 3.63) is 94.7 Å². The van der Waals surface area contributed by atoms with Gasteiger partial charge in [0, 0.05) is 31.9 Å². The molecule has 3 aromatic carbocycles. The average Bonchev–Trinajstić information content (AvgIpc) is 3.45. The summed E-state index contributed by atoms with van der Waals surface area (Å²) in [6.45, 7) is 3.09. The van der Waals surface area contributed by atoms with Crippen LogP contribution >= 0.6 is 0 Å². The van der Waals surface area contributed by atoms with Crippen LogP contribution in [0.1, 0.15) is 50.2 Å². The number of halogens is 3. The third kappa shape index (κ3) is 11.1.